The fourth-order valence-corrected chi connectivity index (χ4v) is 2.92. The molecule has 0 bridgehead atoms. The van der Waals surface area contributed by atoms with Crippen molar-refractivity contribution in [1.82, 2.24) is 10.6 Å². The topological polar surface area (TPSA) is 75.1 Å². The van der Waals surface area contributed by atoms with E-state index in [1.807, 2.05) is 31.2 Å². The van der Waals surface area contributed by atoms with Gasteiger partial charge in [-0.2, -0.15) is 0 Å². The van der Waals surface area contributed by atoms with Gasteiger partial charge in [-0.05, 0) is 48.7 Å². The normalized spacial score (nSPS) is 12.0. The van der Waals surface area contributed by atoms with Gasteiger partial charge < -0.3 is 25.2 Å². The maximum atomic E-state index is 10.5. The van der Waals surface area contributed by atoms with Crippen molar-refractivity contribution in [3.05, 3.63) is 58.6 Å². The van der Waals surface area contributed by atoms with Crippen LogP contribution < -0.4 is 20.1 Å². The summed E-state index contributed by atoms with van der Waals surface area (Å²) in [4.78, 5) is 4.48. The molecule has 1 atom stereocenters. The summed E-state index contributed by atoms with van der Waals surface area (Å²) < 4.78 is 10.5. The van der Waals surface area contributed by atoms with Gasteiger partial charge in [-0.25, -0.2) is 0 Å². The summed E-state index contributed by atoms with van der Waals surface area (Å²) >= 11 is 6.02. The highest BCUT2D eigenvalue weighted by molar-refractivity contribution is 14.0. The Labute approximate surface area is 194 Å². The molecule has 0 aliphatic rings. The molecule has 3 N–H and O–H groups in total. The Kier molecular flexibility index (Phi) is 11.8. The van der Waals surface area contributed by atoms with E-state index in [4.69, 9.17) is 21.1 Å². The molecule has 160 valence electrons. The van der Waals surface area contributed by atoms with Gasteiger partial charge in [0.25, 0.3) is 0 Å². The Morgan fingerprint density at radius 2 is 1.86 bits per heavy atom. The molecule has 0 fully saturated rings. The van der Waals surface area contributed by atoms with E-state index >= 15 is 0 Å². The predicted octanol–water partition coefficient (Wildman–Crippen LogP) is 3.81. The molecular weight excluding hydrogens is 505 g/mol. The van der Waals surface area contributed by atoms with Crippen molar-refractivity contribution in [3.63, 3.8) is 0 Å². The van der Waals surface area contributed by atoms with E-state index in [1.54, 1.807) is 32.4 Å². The molecule has 6 nitrogen and oxygen atoms in total. The van der Waals surface area contributed by atoms with Crippen LogP contribution in [0.15, 0.2) is 47.5 Å². The molecule has 0 radical (unpaired) electrons. The van der Waals surface area contributed by atoms with E-state index in [0.717, 1.165) is 29.1 Å². The number of benzene rings is 2. The number of hydrogen-bond donors (Lipinski definition) is 3. The van der Waals surface area contributed by atoms with E-state index < -0.39 is 6.10 Å². The fourth-order valence-electron chi connectivity index (χ4n) is 2.70. The Bertz CT molecular complexity index is 790. The number of hydrogen-bond acceptors (Lipinski definition) is 4. The van der Waals surface area contributed by atoms with Gasteiger partial charge in [-0.1, -0.05) is 29.8 Å². The SMILES string of the molecule is CCNC(=NCC(O)c1ccc(OC)c(OC)c1)NCCc1cccc(Cl)c1.I. The zero-order chi connectivity index (χ0) is 20.4. The number of halogens is 2. The Morgan fingerprint density at radius 1 is 1.10 bits per heavy atom. The lowest BCUT2D eigenvalue weighted by atomic mass is 10.1. The van der Waals surface area contributed by atoms with Crippen LogP contribution in [0.25, 0.3) is 0 Å². The number of aliphatic imine (C=N–C) groups is 1. The van der Waals surface area contributed by atoms with Crippen molar-refractivity contribution in [3.8, 4) is 11.5 Å². The van der Waals surface area contributed by atoms with Crippen LogP contribution in [-0.4, -0.2) is 44.9 Å². The first kappa shape index (κ1) is 25.3. The molecule has 0 amide bonds. The highest BCUT2D eigenvalue weighted by Crippen LogP contribution is 2.30. The van der Waals surface area contributed by atoms with Gasteiger partial charge in [0.1, 0.15) is 0 Å². The van der Waals surface area contributed by atoms with Crippen LogP contribution in [0.1, 0.15) is 24.2 Å². The Morgan fingerprint density at radius 3 is 2.52 bits per heavy atom. The number of nitrogens with one attached hydrogen (secondary N) is 2. The minimum atomic E-state index is -0.747. The Balaban J connectivity index is 0.00000420. The first-order valence-corrected chi connectivity index (χ1v) is 9.61. The lowest BCUT2D eigenvalue weighted by molar-refractivity contribution is 0.186. The number of nitrogens with zero attached hydrogens (tertiary/aromatic N) is 1. The number of guanidine groups is 1. The van der Waals surface area contributed by atoms with Crippen molar-refractivity contribution in [2.24, 2.45) is 4.99 Å². The molecular formula is C21H29ClIN3O3. The second-order valence-electron chi connectivity index (χ2n) is 6.16. The van der Waals surface area contributed by atoms with Crippen LogP contribution >= 0.6 is 35.6 Å². The lowest BCUT2D eigenvalue weighted by Gasteiger charge is -2.15. The highest BCUT2D eigenvalue weighted by Gasteiger charge is 2.12. The number of rotatable bonds is 9. The van der Waals surface area contributed by atoms with Crippen molar-refractivity contribution >= 4 is 41.5 Å². The third-order valence-corrected chi connectivity index (χ3v) is 4.39. The fraction of sp³-hybridized carbons (Fsp3) is 0.381. The average molecular weight is 534 g/mol. The van der Waals surface area contributed by atoms with Gasteiger partial charge in [-0.15, -0.1) is 24.0 Å². The molecule has 0 aliphatic carbocycles. The molecule has 2 rings (SSSR count). The van der Waals surface area contributed by atoms with Crippen molar-refractivity contribution < 1.29 is 14.6 Å². The molecule has 0 aromatic heterocycles. The molecule has 2 aromatic rings. The molecule has 29 heavy (non-hydrogen) atoms. The lowest BCUT2D eigenvalue weighted by Crippen LogP contribution is -2.38. The highest BCUT2D eigenvalue weighted by atomic mass is 127. The number of aliphatic hydroxyl groups is 1. The van der Waals surface area contributed by atoms with Crippen molar-refractivity contribution in [2.45, 2.75) is 19.4 Å². The average Bonchev–Trinajstić information content (AvgIpc) is 2.71. The zero-order valence-electron chi connectivity index (χ0n) is 16.9. The number of ether oxygens (including phenoxy) is 2. The van der Waals surface area contributed by atoms with E-state index in [2.05, 4.69) is 15.6 Å². The second kappa shape index (κ2) is 13.5. The summed E-state index contributed by atoms with van der Waals surface area (Å²) in [7, 11) is 3.15. The van der Waals surface area contributed by atoms with Crippen LogP contribution in [0.5, 0.6) is 11.5 Å². The monoisotopic (exact) mass is 533 g/mol. The molecule has 2 aromatic carbocycles. The van der Waals surface area contributed by atoms with Crippen LogP contribution in [0.2, 0.25) is 5.02 Å². The molecule has 0 saturated heterocycles. The van der Waals surface area contributed by atoms with Gasteiger partial charge in [0, 0.05) is 18.1 Å². The molecule has 0 saturated carbocycles. The van der Waals surface area contributed by atoms with E-state index in [1.165, 1.54) is 0 Å². The summed E-state index contributed by atoms with van der Waals surface area (Å²) in [6.07, 6.45) is 0.0756. The smallest absolute Gasteiger partial charge is 0.191 e. The Hall–Kier alpha value is -1.71. The molecule has 0 spiro atoms. The minimum absolute atomic E-state index is 0. The summed E-state index contributed by atoms with van der Waals surface area (Å²) in [5, 5.41) is 17.7. The maximum absolute atomic E-state index is 10.5. The first-order chi connectivity index (χ1) is 13.6. The quantitative estimate of drug-likeness (QED) is 0.260. The van der Waals surface area contributed by atoms with Crippen molar-refractivity contribution in [1.29, 1.82) is 0 Å². The molecule has 8 heteroatoms. The van der Waals surface area contributed by atoms with Gasteiger partial charge >= 0.3 is 0 Å². The van der Waals surface area contributed by atoms with Gasteiger partial charge in [0.2, 0.25) is 0 Å². The van der Waals surface area contributed by atoms with Gasteiger partial charge in [0.15, 0.2) is 17.5 Å². The standard InChI is InChI=1S/C21H28ClN3O3.HI/c1-4-23-21(24-11-10-15-6-5-7-17(22)12-15)25-14-18(26)16-8-9-19(27-2)20(13-16)28-3;/h5-9,12-13,18,26H,4,10-11,14H2,1-3H3,(H2,23,24,25);1H. The summed E-state index contributed by atoms with van der Waals surface area (Å²) in [6.45, 7) is 3.66. The summed E-state index contributed by atoms with van der Waals surface area (Å²) in [5.74, 6) is 1.86. The molecule has 0 heterocycles. The first-order valence-electron chi connectivity index (χ1n) is 9.24. The molecule has 0 aliphatic heterocycles. The third kappa shape index (κ3) is 8.28. The summed E-state index contributed by atoms with van der Waals surface area (Å²) in [5.41, 5.74) is 1.87. The van der Waals surface area contributed by atoms with Crippen molar-refractivity contribution in [2.75, 3.05) is 33.9 Å². The minimum Gasteiger partial charge on any atom is -0.493 e. The predicted molar refractivity (Wildman–Crippen MR) is 129 cm³/mol. The van der Waals surface area contributed by atoms with Crippen LogP contribution in [-0.2, 0) is 6.42 Å². The van der Waals surface area contributed by atoms with Crippen LogP contribution in [0.3, 0.4) is 0 Å². The maximum Gasteiger partial charge on any atom is 0.191 e. The van der Waals surface area contributed by atoms with Crippen LogP contribution in [0.4, 0.5) is 0 Å². The number of methoxy groups -OCH3 is 2. The zero-order valence-corrected chi connectivity index (χ0v) is 20.0. The van der Waals surface area contributed by atoms with E-state index in [0.29, 0.717) is 24.0 Å². The van der Waals surface area contributed by atoms with Gasteiger partial charge in [0.05, 0.1) is 26.9 Å². The summed E-state index contributed by atoms with van der Waals surface area (Å²) in [6, 6.07) is 13.1. The van der Waals surface area contributed by atoms with Crippen LogP contribution in [0, 0.1) is 0 Å². The molecule has 1 unspecified atom stereocenters. The number of aliphatic hydroxyl groups excluding tert-OH is 1. The third-order valence-electron chi connectivity index (χ3n) is 4.15. The van der Waals surface area contributed by atoms with E-state index in [-0.39, 0.29) is 30.5 Å². The van der Waals surface area contributed by atoms with E-state index in [9.17, 15) is 5.11 Å². The largest absolute Gasteiger partial charge is 0.493 e. The van der Waals surface area contributed by atoms with Gasteiger partial charge in [-0.3, -0.25) is 4.99 Å². The second-order valence-corrected chi connectivity index (χ2v) is 6.59.